The second-order valence-corrected chi connectivity index (χ2v) is 4.04. The highest BCUT2D eigenvalue weighted by Crippen LogP contribution is 1.90. The Morgan fingerprint density at radius 2 is 2.17 bits per heavy atom. The second kappa shape index (κ2) is 12.1. The van der Waals surface area contributed by atoms with Crippen molar-refractivity contribution in [3.63, 3.8) is 0 Å². The van der Waals surface area contributed by atoms with Crippen molar-refractivity contribution in [1.82, 2.24) is 5.32 Å². The van der Waals surface area contributed by atoms with Crippen LogP contribution >= 0.6 is 0 Å². The van der Waals surface area contributed by atoms with E-state index in [-0.39, 0.29) is 11.9 Å². The third-order valence-corrected chi connectivity index (χ3v) is 2.20. The Morgan fingerprint density at radius 3 is 2.83 bits per heavy atom. The summed E-state index contributed by atoms with van der Waals surface area (Å²) in [5.74, 6) is -0.0860. The van der Waals surface area contributed by atoms with Gasteiger partial charge in [-0.2, -0.15) is 0 Å². The zero-order chi connectivity index (χ0) is 13.6. The molecule has 1 N–H and O–H groups in total. The van der Waals surface area contributed by atoms with Crippen molar-refractivity contribution < 1.29 is 9.53 Å². The summed E-state index contributed by atoms with van der Waals surface area (Å²) >= 11 is 0. The first-order valence-electron chi connectivity index (χ1n) is 6.55. The Kier molecular flexibility index (Phi) is 11.2. The Bertz CT molecular complexity index is 293. The molecule has 0 aromatic carbocycles. The fourth-order valence-electron chi connectivity index (χ4n) is 1.23. The van der Waals surface area contributed by atoms with Gasteiger partial charge < -0.3 is 10.1 Å². The molecule has 0 aliphatic rings. The highest BCUT2D eigenvalue weighted by atomic mass is 16.5. The van der Waals surface area contributed by atoms with E-state index < -0.39 is 0 Å². The average molecular weight is 251 g/mol. The first kappa shape index (κ1) is 16.6. The number of carbonyl (C=O) groups excluding carboxylic acids is 1. The van der Waals surface area contributed by atoms with Crippen LogP contribution in [0.5, 0.6) is 0 Å². The van der Waals surface area contributed by atoms with Gasteiger partial charge in [0.25, 0.3) is 0 Å². The van der Waals surface area contributed by atoms with Crippen molar-refractivity contribution in [2.75, 3.05) is 13.2 Å². The maximum atomic E-state index is 11.4. The van der Waals surface area contributed by atoms with Crippen LogP contribution in [0, 0.1) is 0 Å². The van der Waals surface area contributed by atoms with Crippen LogP contribution in [-0.2, 0) is 9.53 Å². The largest absolute Gasteiger partial charge is 0.377 e. The van der Waals surface area contributed by atoms with Crippen LogP contribution in [0.4, 0.5) is 0 Å². The number of allylic oxidation sites excluding steroid dienone is 3. The number of nitrogens with one attached hydrogen (secondary N) is 1. The Balaban J connectivity index is 3.71. The van der Waals surface area contributed by atoms with Gasteiger partial charge in [0.1, 0.15) is 0 Å². The number of rotatable bonds is 9. The summed E-state index contributed by atoms with van der Waals surface area (Å²) in [6.07, 6.45) is 13.1. The van der Waals surface area contributed by atoms with Gasteiger partial charge in [-0.3, -0.25) is 4.79 Å². The lowest BCUT2D eigenvalue weighted by atomic mass is 10.3. The molecule has 0 saturated carbocycles. The molecule has 0 rings (SSSR count). The van der Waals surface area contributed by atoms with Crippen molar-refractivity contribution in [2.24, 2.45) is 0 Å². The maximum absolute atomic E-state index is 11.4. The number of hydrogen-bond acceptors (Lipinski definition) is 2. The van der Waals surface area contributed by atoms with Crippen molar-refractivity contribution in [3.05, 3.63) is 36.5 Å². The molecule has 3 heteroatoms. The minimum absolute atomic E-state index is 0.0162. The molecule has 0 spiro atoms. The zero-order valence-electron chi connectivity index (χ0n) is 11.7. The molecule has 0 aromatic rings. The zero-order valence-corrected chi connectivity index (χ0v) is 11.7. The molecule has 0 fully saturated rings. The van der Waals surface area contributed by atoms with E-state index in [0.717, 1.165) is 19.4 Å². The third kappa shape index (κ3) is 11.1. The lowest BCUT2D eigenvalue weighted by Crippen LogP contribution is -2.29. The Hall–Kier alpha value is -1.35. The summed E-state index contributed by atoms with van der Waals surface area (Å²) < 4.78 is 5.39. The lowest BCUT2D eigenvalue weighted by molar-refractivity contribution is -0.116. The first-order chi connectivity index (χ1) is 8.70. The van der Waals surface area contributed by atoms with Gasteiger partial charge in [-0.1, -0.05) is 43.7 Å². The normalized spacial score (nSPS) is 13.7. The number of unbranched alkanes of at least 4 members (excludes halogenated alkanes) is 1. The van der Waals surface area contributed by atoms with Crippen LogP contribution in [0.3, 0.4) is 0 Å². The average Bonchev–Trinajstić information content (AvgIpc) is 2.34. The Labute approximate surface area is 111 Å². The van der Waals surface area contributed by atoms with Crippen molar-refractivity contribution in [1.29, 1.82) is 0 Å². The lowest BCUT2D eigenvalue weighted by Gasteiger charge is -2.07. The minimum Gasteiger partial charge on any atom is -0.377 e. The SMILES string of the molecule is C/C=C/C=C/C(=O)N[C@H](C)/C=C\COCCCC. The summed E-state index contributed by atoms with van der Waals surface area (Å²) in [5, 5.41) is 2.84. The number of hydrogen-bond donors (Lipinski definition) is 1. The van der Waals surface area contributed by atoms with E-state index in [4.69, 9.17) is 4.74 Å². The molecule has 0 aromatic heterocycles. The van der Waals surface area contributed by atoms with Crippen LogP contribution in [0.2, 0.25) is 0 Å². The van der Waals surface area contributed by atoms with E-state index in [2.05, 4.69) is 12.2 Å². The van der Waals surface area contributed by atoms with E-state index in [0.29, 0.717) is 6.61 Å². The molecule has 1 atom stereocenters. The van der Waals surface area contributed by atoms with Gasteiger partial charge in [-0.25, -0.2) is 0 Å². The van der Waals surface area contributed by atoms with Gasteiger partial charge in [0.15, 0.2) is 0 Å². The van der Waals surface area contributed by atoms with Gasteiger partial charge in [0, 0.05) is 18.7 Å². The molecule has 0 saturated heterocycles. The van der Waals surface area contributed by atoms with E-state index in [9.17, 15) is 4.79 Å². The van der Waals surface area contributed by atoms with E-state index in [1.165, 1.54) is 6.08 Å². The van der Waals surface area contributed by atoms with Gasteiger partial charge >= 0.3 is 0 Å². The molecule has 0 radical (unpaired) electrons. The van der Waals surface area contributed by atoms with Crippen LogP contribution in [-0.4, -0.2) is 25.2 Å². The fraction of sp³-hybridized carbons (Fsp3) is 0.533. The van der Waals surface area contributed by atoms with Gasteiger partial charge in [-0.15, -0.1) is 0 Å². The van der Waals surface area contributed by atoms with E-state index in [1.807, 2.05) is 38.2 Å². The fourth-order valence-corrected chi connectivity index (χ4v) is 1.23. The van der Waals surface area contributed by atoms with E-state index >= 15 is 0 Å². The predicted molar refractivity (Wildman–Crippen MR) is 76.4 cm³/mol. The number of amides is 1. The topological polar surface area (TPSA) is 38.3 Å². The maximum Gasteiger partial charge on any atom is 0.244 e. The highest BCUT2D eigenvalue weighted by molar-refractivity contribution is 5.88. The summed E-state index contributed by atoms with van der Waals surface area (Å²) in [6.45, 7) is 7.39. The van der Waals surface area contributed by atoms with Crippen LogP contribution in [0.25, 0.3) is 0 Å². The molecule has 0 unspecified atom stereocenters. The Morgan fingerprint density at radius 1 is 1.39 bits per heavy atom. The smallest absolute Gasteiger partial charge is 0.244 e. The molecule has 102 valence electrons. The molecule has 0 heterocycles. The highest BCUT2D eigenvalue weighted by Gasteiger charge is 1.98. The summed E-state index contributed by atoms with van der Waals surface area (Å²) in [4.78, 5) is 11.4. The molecular weight excluding hydrogens is 226 g/mol. The third-order valence-electron chi connectivity index (χ3n) is 2.20. The standard InChI is InChI=1S/C15H25NO2/c1-4-6-8-11-15(17)16-14(3)10-9-13-18-12-7-5-2/h4,6,8-11,14H,5,7,12-13H2,1-3H3,(H,16,17)/b6-4+,10-9-,11-8+/t14-/m1/s1. The molecule has 1 amide bonds. The summed E-state index contributed by atoms with van der Waals surface area (Å²) in [7, 11) is 0. The minimum atomic E-state index is -0.0860. The van der Waals surface area contributed by atoms with Gasteiger partial charge in [-0.05, 0) is 20.3 Å². The van der Waals surface area contributed by atoms with E-state index in [1.54, 1.807) is 6.08 Å². The van der Waals surface area contributed by atoms with Crippen molar-refractivity contribution in [2.45, 2.75) is 39.7 Å². The number of carbonyl (C=O) groups is 1. The summed E-state index contributed by atoms with van der Waals surface area (Å²) in [5.41, 5.74) is 0. The second-order valence-electron chi connectivity index (χ2n) is 4.04. The molecular formula is C15H25NO2. The van der Waals surface area contributed by atoms with Gasteiger partial charge in [0.05, 0.1) is 6.61 Å². The molecule has 0 bridgehead atoms. The monoisotopic (exact) mass is 251 g/mol. The van der Waals surface area contributed by atoms with Crippen molar-refractivity contribution in [3.8, 4) is 0 Å². The quantitative estimate of drug-likeness (QED) is 0.296. The number of ether oxygens (including phenoxy) is 1. The van der Waals surface area contributed by atoms with Gasteiger partial charge in [0.2, 0.25) is 5.91 Å². The van der Waals surface area contributed by atoms with Crippen LogP contribution in [0.1, 0.15) is 33.6 Å². The van der Waals surface area contributed by atoms with Crippen molar-refractivity contribution >= 4 is 5.91 Å². The molecule has 3 nitrogen and oxygen atoms in total. The molecule has 0 aliphatic heterocycles. The van der Waals surface area contributed by atoms with Crippen LogP contribution < -0.4 is 5.32 Å². The summed E-state index contributed by atoms with van der Waals surface area (Å²) in [6, 6.07) is 0.0162. The molecule has 18 heavy (non-hydrogen) atoms. The van der Waals surface area contributed by atoms with Crippen LogP contribution in [0.15, 0.2) is 36.5 Å². The predicted octanol–water partition coefficient (Wildman–Crippen LogP) is 3.00. The molecule has 0 aliphatic carbocycles. The first-order valence-corrected chi connectivity index (χ1v) is 6.55.